The summed E-state index contributed by atoms with van der Waals surface area (Å²) in [6.07, 6.45) is 0. The average Bonchev–Trinajstić information content (AvgIpc) is 2.38. The molecule has 0 spiro atoms. The third-order valence-electron chi connectivity index (χ3n) is 2.12. The Morgan fingerprint density at radius 2 is 1.79 bits per heavy atom. The van der Waals surface area contributed by atoms with Gasteiger partial charge in [-0.05, 0) is 18.2 Å². The minimum atomic E-state index is -2.03. The van der Waals surface area contributed by atoms with Crippen molar-refractivity contribution in [2.24, 2.45) is 0 Å². The Kier molecular flexibility index (Phi) is 12.5. The van der Waals surface area contributed by atoms with Crippen LogP contribution in [0.2, 0.25) is 0 Å². The van der Waals surface area contributed by atoms with Gasteiger partial charge in [-0.1, -0.05) is 15.9 Å². The van der Waals surface area contributed by atoms with E-state index in [0.29, 0.717) is 18.8 Å². The Hall–Kier alpha value is -0.332. The summed E-state index contributed by atoms with van der Waals surface area (Å²) in [5.74, 6) is 0.305. The van der Waals surface area contributed by atoms with Crippen molar-refractivity contribution in [3.05, 3.63) is 28.2 Å². The fourth-order valence-corrected chi connectivity index (χ4v) is 1.71. The van der Waals surface area contributed by atoms with Gasteiger partial charge >= 0.3 is 25.3 Å². The van der Waals surface area contributed by atoms with Gasteiger partial charge in [0.2, 0.25) is 0 Å². The van der Waals surface area contributed by atoms with Crippen molar-refractivity contribution in [3.8, 4) is 5.75 Å². The van der Waals surface area contributed by atoms with Crippen LogP contribution < -0.4 is 10.6 Å². The normalized spacial score (nSPS) is 9.58. The van der Waals surface area contributed by atoms with Crippen LogP contribution in [0.5, 0.6) is 5.75 Å². The Morgan fingerprint density at radius 3 is 2.42 bits per heavy atom. The van der Waals surface area contributed by atoms with E-state index in [0.717, 1.165) is 23.1 Å². The molecule has 0 saturated heterocycles. The monoisotopic (exact) mass is 418 g/mol. The first kappa shape index (κ1) is 18.7. The number of aliphatic hydroxyl groups is 1. The van der Waals surface area contributed by atoms with Crippen LogP contribution in [0.1, 0.15) is 5.56 Å². The molecule has 0 bridgehead atoms. The molecule has 0 amide bonds. The van der Waals surface area contributed by atoms with Crippen LogP contribution in [0.3, 0.4) is 0 Å². The van der Waals surface area contributed by atoms with Crippen LogP contribution in [0.4, 0.5) is 0 Å². The van der Waals surface area contributed by atoms with Crippen molar-refractivity contribution < 1.29 is 35.5 Å². The summed E-state index contributed by atoms with van der Waals surface area (Å²) < 4.78 is 18.0. The number of halogens is 1. The molecule has 0 aliphatic rings. The van der Waals surface area contributed by atoms with Crippen LogP contribution in [-0.4, -0.2) is 36.5 Å². The van der Waals surface area contributed by atoms with Gasteiger partial charge in [-0.15, -0.1) is 0 Å². The van der Waals surface area contributed by atoms with E-state index in [1.165, 1.54) is 0 Å². The first-order valence-corrected chi connectivity index (χ1v) is 8.00. The first-order chi connectivity index (χ1) is 9.15. The van der Waals surface area contributed by atoms with E-state index in [9.17, 15) is 5.11 Å². The molecule has 0 saturated carbocycles. The summed E-state index contributed by atoms with van der Waals surface area (Å²) in [5, 5.41) is 24.4. The maximum atomic E-state index is 9.57. The molecule has 108 valence electrons. The van der Waals surface area contributed by atoms with Gasteiger partial charge in [-0.25, -0.2) is 0 Å². The van der Waals surface area contributed by atoms with Gasteiger partial charge in [-0.2, -0.15) is 0 Å². The number of hydrogen-bond donors (Lipinski definition) is 4. The molecular formula is C11H17BrMoN2O4. The molecule has 4 N–H and O–H groups in total. The average molecular weight is 417 g/mol. The Balaban J connectivity index is 0.000000982. The molecule has 8 heteroatoms. The third-order valence-corrected chi connectivity index (χ3v) is 2.62. The second kappa shape index (κ2) is 12.7. The van der Waals surface area contributed by atoms with Crippen LogP contribution in [0.15, 0.2) is 22.7 Å². The zero-order valence-electron chi connectivity index (χ0n) is 10.3. The molecule has 6 nitrogen and oxygen atoms in total. The molecule has 0 radical (unpaired) electrons. The van der Waals surface area contributed by atoms with E-state index in [1.54, 1.807) is 6.07 Å². The number of aliphatic hydroxyl groups excluding tert-OH is 1. The van der Waals surface area contributed by atoms with Crippen LogP contribution in [-0.2, 0) is 31.8 Å². The fraction of sp³-hybridized carbons (Fsp3) is 0.455. The standard InChI is InChI=1S/C11H17BrN2O2.Mo.2O/c12-10-1-2-11(16)9(7-10)8-14-4-3-13-5-6-15;;;/h1-2,7,13-16H,3-6,8H2;;;. The molecule has 19 heavy (non-hydrogen) atoms. The summed E-state index contributed by atoms with van der Waals surface area (Å²) in [6, 6.07) is 5.37. The number of phenols is 1. The topological polar surface area (TPSA) is 98.7 Å². The van der Waals surface area contributed by atoms with Gasteiger partial charge in [0.15, 0.2) is 0 Å². The van der Waals surface area contributed by atoms with Gasteiger partial charge in [0, 0.05) is 36.2 Å². The van der Waals surface area contributed by atoms with E-state index in [1.807, 2.05) is 12.1 Å². The van der Waals surface area contributed by atoms with Crippen molar-refractivity contribution in [2.45, 2.75) is 6.54 Å². The van der Waals surface area contributed by atoms with Crippen molar-refractivity contribution in [3.63, 3.8) is 0 Å². The Labute approximate surface area is 128 Å². The number of benzene rings is 1. The Bertz CT molecular complexity index is 400. The SMILES string of the molecule is OCCNCCNCc1cc(Br)ccc1O.[O]=[Mo]=[O]. The summed E-state index contributed by atoms with van der Waals surface area (Å²) in [7, 11) is 0. The molecule has 1 aromatic rings. The molecule has 1 rings (SSSR count). The minimum absolute atomic E-state index is 0.159. The number of aromatic hydroxyl groups is 1. The number of phenolic OH excluding ortho intramolecular Hbond substituents is 1. The number of nitrogens with one attached hydrogen (secondary N) is 2. The van der Waals surface area contributed by atoms with Crippen molar-refractivity contribution >= 4 is 15.9 Å². The molecule has 0 aliphatic carbocycles. The predicted molar refractivity (Wildman–Crippen MR) is 68.8 cm³/mol. The molecular weight excluding hydrogens is 400 g/mol. The fourth-order valence-electron chi connectivity index (χ4n) is 1.30. The molecule has 0 heterocycles. The second-order valence-corrected chi connectivity index (χ2v) is 4.74. The molecule has 0 fully saturated rings. The molecule has 0 unspecified atom stereocenters. The maximum absolute atomic E-state index is 9.57. The van der Waals surface area contributed by atoms with Crippen molar-refractivity contribution in [2.75, 3.05) is 26.2 Å². The van der Waals surface area contributed by atoms with E-state index < -0.39 is 18.5 Å². The quantitative estimate of drug-likeness (QED) is 0.383. The summed E-state index contributed by atoms with van der Waals surface area (Å²) >= 11 is 1.33. The van der Waals surface area contributed by atoms with Crippen LogP contribution >= 0.6 is 15.9 Å². The van der Waals surface area contributed by atoms with Gasteiger partial charge in [0.05, 0.1) is 6.61 Å². The zero-order valence-corrected chi connectivity index (χ0v) is 13.9. The molecule has 1 aromatic carbocycles. The van der Waals surface area contributed by atoms with Gasteiger partial charge < -0.3 is 20.8 Å². The molecule has 0 aliphatic heterocycles. The van der Waals surface area contributed by atoms with E-state index in [2.05, 4.69) is 26.6 Å². The summed E-state index contributed by atoms with van der Waals surface area (Å²) in [4.78, 5) is 0. The summed E-state index contributed by atoms with van der Waals surface area (Å²) in [5.41, 5.74) is 0.872. The number of hydrogen-bond acceptors (Lipinski definition) is 6. The second-order valence-electron chi connectivity index (χ2n) is 3.49. The third kappa shape index (κ3) is 10.2. The van der Waals surface area contributed by atoms with Gasteiger partial charge in [0.1, 0.15) is 5.75 Å². The predicted octanol–water partition coefficient (Wildman–Crippen LogP) is 0.586. The van der Waals surface area contributed by atoms with Crippen molar-refractivity contribution in [1.29, 1.82) is 0 Å². The molecule has 0 aromatic heterocycles. The first-order valence-electron chi connectivity index (χ1n) is 5.57. The Morgan fingerprint density at radius 1 is 1.16 bits per heavy atom. The van der Waals surface area contributed by atoms with Crippen LogP contribution in [0, 0.1) is 0 Å². The van der Waals surface area contributed by atoms with E-state index in [4.69, 9.17) is 11.9 Å². The van der Waals surface area contributed by atoms with Gasteiger partial charge in [0.25, 0.3) is 0 Å². The summed E-state index contributed by atoms with van der Waals surface area (Å²) in [6.45, 7) is 3.00. The van der Waals surface area contributed by atoms with Crippen molar-refractivity contribution in [1.82, 2.24) is 10.6 Å². The molecule has 0 atom stereocenters. The zero-order chi connectivity index (χ0) is 14.5. The van der Waals surface area contributed by atoms with Gasteiger partial charge in [-0.3, -0.25) is 0 Å². The van der Waals surface area contributed by atoms with E-state index in [-0.39, 0.29) is 6.61 Å². The van der Waals surface area contributed by atoms with Crippen LogP contribution in [0.25, 0.3) is 0 Å². The van der Waals surface area contributed by atoms with E-state index >= 15 is 0 Å². The number of rotatable bonds is 7.